The Morgan fingerprint density at radius 1 is 0.531 bits per heavy atom. The van der Waals surface area contributed by atoms with Crippen LogP contribution in [0.3, 0.4) is 0 Å². The quantitative estimate of drug-likeness (QED) is 0.299. The molecule has 0 radical (unpaired) electrons. The zero-order valence-electron chi connectivity index (χ0n) is 18.3. The Bertz CT molecular complexity index is 1340. The van der Waals surface area contributed by atoms with E-state index in [1.165, 1.54) is 5.56 Å². The van der Waals surface area contributed by atoms with Crippen LogP contribution in [0, 0.1) is 0 Å². The molecular weight excluding hydrogens is 390 g/mol. The lowest BCUT2D eigenvalue weighted by Gasteiger charge is -2.18. The van der Waals surface area contributed by atoms with Gasteiger partial charge in [-0.3, -0.25) is 4.57 Å². The van der Waals surface area contributed by atoms with Crippen LogP contribution < -0.4 is 0 Å². The van der Waals surface area contributed by atoms with Gasteiger partial charge in [-0.25, -0.2) is 0 Å². The molecule has 0 aliphatic rings. The molecule has 0 atom stereocenters. The van der Waals surface area contributed by atoms with Crippen molar-refractivity contribution in [3.05, 3.63) is 115 Å². The van der Waals surface area contributed by atoms with Crippen molar-refractivity contribution >= 4 is 0 Å². The van der Waals surface area contributed by atoms with Crippen molar-refractivity contribution in [2.45, 2.75) is 19.8 Å². The molecule has 0 spiro atoms. The summed E-state index contributed by atoms with van der Waals surface area (Å²) in [5.41, 5.74) is 6.79. The van der Waals surface area contributed by atoms with E-state index in [-0.39, 0.29) is 0 Å². The van der Waals surface area contributed by atoms with Crippen LogP contribution in [-0.4, -0.2) is 14.8 Å². The highest BCUT2D eigenvalue weighted by molar-refractivity contribution is 5.82. The Morgan fingerprint density at radius 3 is 1.75 bits per heavy atom. The van der Waals surface area contributed by atoms with Crippen molar-refractivity contribution < 1.29 is 0 Å². The summed E-state index contributed by atoms with van der Waals surface area (Å²) < 4.78 is 2.21. The highest BCUT2D eigenvalue weighted by atomic mass is 15.3. The van der Waals surface area contributed by atoms with Crippen LogP contribution in [0.1, 0.15) is 25.3 Å². The van der Waals surface area contributed by atoms with E-state index in [4.69, 9.17) is 5.10 Å². The predicted molar refractivity (Wildman–Crippen MR) is 132 cm³/mol. The van der Waals surface area contributed by atoms with Gasteiger partial charge in [-0.2, -0.15) is 0 Å². The molecule has 0 unspecified atom stereocenters. The Morgan fingerprint density at radius 2 is 1.06 bits per heavy atom. The average molecular weight is 416 g/mol. The molecule has 0 N–H and O–H groups in total. The molecule has 0 fully saturated rings. The van der Waals surface area contributed by atoms with E-state index >= 15 is 0 Å². The highest BCUT2D eigenvalue weighted by Gasteiger charge is 2.21. The summed E-state index contributed by atoms with van der Waals surface area (Å²) in [6.45, 7) is 4.45. The molecule has 0 bridgehead atoms. The van der Waals surface area contributed by atoms with E-state index in [1.807, 2.05) is 24.3 Å². The Balaban J connectivity index is 1.81. The molecule has 3 heteroatoms. The van der Waals surface area contributed by atoms with E-state index < -0.39 is 0 Å². The molecule has 32 heavy (non-hydrogen) atoms. The minimum Gasteiger partial charge on any atom is -0.275 e. The summed E-state index contributed by atoms with van der Waals surface area (Å²) in [6, 6.07) is 37.7. The molecule has 1 heterocycles. The summed E-state index contributed by atoms with van der Waals surface area (Å²) in [5.74, 6) is 2.06. The van der Waals surface area contributed by atoms with Gasteiger partial charge in [0, 0.05) is 11.1 Å². The van der Waals surface area contributed by atoms with Gasteiger partial charge in [0.2, 0.25) is 0 Å². The molecule has 0 saturated heterocycles. The van der Waals surface area contributed by atoms with Crippen molar-refractivity contribution in [2.24, 2.45) is 0 Å². The topological polar surface area (TPSA) is 30.7 Å². The Hall–Kier alpha value is -3.98. The Labute approximate surface area is 189 Å². The first-order valence-electron chi connectivity index (χ1n) is 11.0. The van der Waals surface area contributed by atoms with Gasteiger partial charge in [-0.15, -0.1) is 10.2 Å². The van der Waals surface area contributed by atoms with Crippen LogP contribution in [0.2, 0.25) is 0 Å². The fourth-order valence-electron chi connectivity index (χ4n) is 4.19. The van der Waals surface area contributed by atoms with E-state index in [9.17, 15) is 0 Å². The number of hydrogen-bond donors (Lipinski definition) is 0. The van der Waals surface area contributed by atoms with Crippen molar-refractivity contribution in [3.63, 3.8) is 0 Å². The van der Waals surface area contributed by atoms with Crippen molar-refractivity contribution in [3.8, 4) is 39.6 Å². The van der Waals surface area contributed by atoms with Crippen molar-refractivity contribution in [2.75, 3.05) is 0 Å². The van der Waals surface area contributed by atoms with Crippen LogP contribution >= 0.6 is 0 Å². The normalized spacial score (nSPS) is 11.1. The minimum atomic E-state index is 0.370. The molecule has 0 aliphatic heterocycles. The van der Waals surface area contributed by atoms with E-state index in [0.717, 1.165) is 39.6 Å². The maximum absolute atomic E-state index is 4.74. The zero-order valence-corrected chi connectivity index (χ0v) is 18.3. The maximum atomic E-state index is 4.74. The average Bonchev–Trinajstić information content (AvgIpc) is 3.30. The van der Waals surface area contributed by atoms with Crippen LogP contribution in [0.15, 0.2) is 109 Å². The highest BCUT2D eigenvalue weighted by Crippen LogP contribution is 2.36. The largest absolute Gasteiger partial charge is 0.275 e. The van der Waals surface area contributed by atoms with E-state index in [0.29, 0.717) is 5.92 Å². The van der Waals surface area contributed by atoms with Crippen molar-refractivity contribution in [1.29, 1.82) is 0 Å². The fourth-order valence-corrected chi connectivity index (χ4v) is 4.19. The second kappa shape index (κ2) is 8.64. The molecule has 156 valence electrons. The minimum absolute atomic E-state index is 0.370. The van der Waals surface area contributed by atoms with Gasteiger partial charge < -0.3 is 0 Å². The maximum Gasteiger partial charge on any atom is 0.169 e. The second-order valence-corrected chi connectivity index (χ2v) is 8.17. The van der Waals surface area contributed by atoms with Crippen LogP contribution in [0.5, 0.6) is 0 Å². The van der Waals surface area contributed by atoms with Gasteiger partial charge in [0.15, 0.2) is 11.6 Å². The number of rotatable bonds is 5. The lowest BCUT2D eigenvalue weighted by molar-refractivity contribution is 0.848. The van der Waals surface area contributed by atoms with Crippen LogP contribution in [-0.2, 0) is 0 Å². The standard InChI is InChI=1S/C29H25N3/c1-21(2)24-17-11-12-20-27(24)32-28(23-15-7-4-8-16-23)30-31-29(32)26-19-10-9-18-25(26)22-13-5-3-6-14-22/h3-21H,1-2H3. The fraction of sp³-hybridized carbons (Fsp3) is 0.103. The smallest absolute Gasteiger partial charge is 0.169 e. The van der Waals surface area contributed by atoms with Gasteiger partial charge in [0.1, 0.15) is 0 Å². The molecule has 5 aromatic rings. The SMILES string of the molecule is CC(C)c1ccccc1-n1c(-c2ccccc2)nnc1-c1ccccc1-c1ccccc1. The Kier molecular flexibility index (Phi) is 5.39. The van der Waals surface area contributed by atoms with Gasteiger partial charge in [0.25, 0.3) is 0 Å². The van der Waals surface area contributed by atoms with E-state index in [2.05, 4.69) is 108 Å². The monoisotopic (exact) mass is 415 g/mol. The number of para-hydroxylation sites is 1. The third-order valence-corrected chi connectivity index (χ3v) is 5.75. The molecule has 0 amide bonds. The first-order chi connectivity index (χ1) is 15.7. The third kappa shape index (κ3) is 3.63. The number of hydrogen-bond acceptors (Lipinski definition) is 2. The van der Waals surface area contributed by atoms with Gasteiger partial charge in [-0.1, -0.05) is 117 Å². The molecule has 0 saturated carbocycles. The molecule has 4 aromatic carbocycles. The van der Waals surface area contributed by atoms with E-state index in [1.54, 1.807) is 0 Å². The summed E-state index contributed by atoms with van der Waals surface area (Å²) in [7, 11) is 0. The number of benzene rings is 4. The summed E-state index contributed by atoms with van der Waals surface area (Å²) in [4.78, 5) is 0. The number of nitrogens with zero attached hydrogens (tertiary/aromatic N) is 3. The second-order valence-electron chi connectivity index (χ2n) is 8.17. The zero-order chi connectivity index (χ0) is 21.9. The molecular formula is C29H25N3. The van der Waals surface area contributed by atoms with Gasteiger partial charge in [0.05, 0.1) is 5.69 Å². The summed E-state index contributed by atoms with van der Waals surface area (Å²) in [5, 5.41) is 9.43. The van der Waals surface area contributed by atoms with Crippen LogP contribution in [0.4, 0.5) is 0 Å². The molecule has 1 aromatic heterocycles. The van der Waals surface area contributed by atoms with Crippen LogP contribution in [0.25, 0.3) is 39.6 Å². The van der Waals surface area contributed by atoms with Gasteiger partial charge in [-0.05, 0) is 28.7 Å². The lowest BCUT2D eigenvalue weighted by atomic mass is 9.98. The molecule has 5 rings (SSSR count). The predicted octanol–water partition coefficient (Wildman–Crippen LogP) is 7.39. The first kappa shape index (κ1) is 20.0. The van der Waals surface area contributed by atoms with Gasteiger partial charge >= 0.3 is 0 Å². The number of aromatic nitrogens is 3. The summed E-state index contributed by atoms with van der Waals surface area (Å²) >= 11 is 0. The molecule has 3 nitrogen and oxygen atoms in total. The molecule has 0 aliphatic carbocycles. The summed E-state index contributed by atoms with van der Waals surface area (Å²) in [6.07, 6.45) is 0. The lowest BCUT2D eigenvalue weighted by Crippen LogP contribution is -2.05. The first-order valence-corrected chi connectivity index (χ1v) is 11.0. The van der Waals surface area contributed by atoms with Crippen molar-refractivity contribution in [1.82, 2.24) is 14.8 Å². The third-order valence-electron chi connectivity index (χ3n) is 5.75.